The van der Waals surface area contributed by atoms with Crippen molar-refractivity contribution < 1.29 is 71.0 Å². The third-order valence-electron chi connectivity index (χ3n) is 7.32. The molecule has 3 unspecified atom stereocenters. The molecular weight excluding hydrogens is 742 g/mol. The SMILES string of the molecule is CC(=O)O[C@H]1[C@@H](OP(=O)(O)OP(=O)(O)OC[C@H]2O[C@@H](n3ccc(=O)[nH]c3=O)[C@H](O)[C@@H]2O)OCC(N=[N+]=[N-])[C@@H]1OC(C)=O.CCCCCCCCCN. The molecule has 3 heterocycles. The Bertz CT molecular complexity index is 1560. The summed E-state index contributed by atoms with van der Waals surface area (Å²) in [6, 6.07) is -0.353. The van der Waals surface area contributed by atoms with Gasteiger partial charge in [-0.25, -0.2) is 13.9 Å². The number of nitrogens with two attached hydrogens (primary N) is 1. The Labute approximate surface area is 297 Å². The van der Waals surface area contributed by atoms with Crippen LogP contribution in [0.2, 0.25) is 0 Å². The molecule has 0 aliphatic carbocycles. The summed E-state index contributed by atoms with van der Waals surface area (Å²) >= 11 is 0. The molecule has 2 aliphatic heterocycles. The molecule has 2 aliphatic rings. The Balaban J connectivity index is 0.000000815. The van der Waals surface area contributed by atoms with E-state index in [1.54, 1.807) is 0 Å². The Morgan fingerprint density at radius 1 is 1.04 bits per heavy atom. The fourth-order valence-corrected chi connectivity index (χ4v) is 7.13. The molecule has 23 nitrogen and oxygen atoms in total. The predicted molar refractivity (Wildman–Crippen MR) is 176 cm³/mol. The topological polar surface area (TPSA) is 343 Å². The van der Waals surface area contributed by atoms with Crippen LogP contribution < -0.4 is 17.0 Å². The van der Waals surface area contributed by atoms with Crippen LogP contribution in [0, 0.1) is 0 Å². The number of aliphatic hydroxyl groups is 2. The third-order valence-corrected chi connectivity index (χ3v) is 9.92. The Kier molecular flexibility index (Phi) is 18.8. The number of unbranched alkanes of at least 4 members (excludes halogenated alkanes) is 6. The van der Waals surface area contributed by atoms with Gasteiger partial charge in [0.1, 0.15) is 24.4 Å². The van der Waals surface area contributed by atoms with Gasteiger partial charge in [-0.2, -0.15) is 4.31 Å². The molecule has 0 radical (unpaired) electrons. The molecule has 25 heteroatoms. The Hall–Kier alpha value is -3.01. The number of H-pyrrole nitrogens is 1. The minimum absolute atomic E-state index is 0.587. The minimum atomic E-state index is -5.65. The number of nitrogens with one attached hydrogen (secondary N) is 1. The molecule has 0 amide bonds. The van der Waals surface area contributed by atoms with Crippen molar-refractivity contribution >= 4 is 27.6 Å². The number of hydrogen-bond acceptors (Lipinski definition) is 17. The summed E-state index contributed by atoms with van der Waals surface area (Å²) in [5.74, 6) is -1.94. The van der Waals surface area contributed by atoms with E-state index in [0.29, 0.717) is 0 Å². The lowest BCUT2D eigenvalue weighted by atomic mass is 10.0. The first-order valence-corrected chi connectivity index (χ1v) is 19.2. The number of phosphoric ester groups is 2. The molecule has 0 spiro atoms. The van der Waals surface area contributed by atoms with Crippen LogP contribution in [0.3, 0.4) is 0 Å². The fraction of sp³-hybridized carbons (Fsp3) is 0.778. The van der Waals surface area contributed by atoms with Gasteiger partial charge < -0.3 is 44.7 Å². The molecule has 1 aromatic rings. The number of hydrogen-bond donors (Lipinski definition) is 6. The lowest BCUT2D eigenvalue weighted by molar-refractivity contribution is -0.237. The zero-order chi connectivity index (χ0) is 39.1. The molecule has 0 aromatic carbocycles. The standard InChI is InChI=1S/C18H25N5O17P2.C9H21N/c1-7(24)36-14-9(21-22-19)5-34-17(15(14)37-8(2)25)39-42(32,33)40-41(30,31)35-6-10-12(27)13(28)16(38-10)23-4-3-11(26)20-18(23)29;1-2-3-4-5-6-7-8-9-10/h3-4,9-10,12-17,27-28H,5-6H2,1-2H3,(H,30,31)(H,32,33)(H,20,26,29);2-10H2,1H3/t9?,10-,12-,13-,14+,15-,16-,17-;/m1./s1. The van der Waals surface area contributed by atoms with Crippen LogP contribution in [-0.4, -0.2) is 104 Å². The van der Waals surface area contributed by atoms with Crippen molar-refractivity contribution in [3.8, 4) is 0 Å². The highest BCUT2D eigenvalue weighted by Gasteiger charge is 2.50. The molecule has 1 aromatic heterocycles. The van der Waals surface area contributed by atoms with Gasteiger partial charge in [0.2, 0.25) is 6.29 Å². The summed E-state index contributed by atoms with van der Waals surface area (Å²) in [5, 5.41) is 23.8. The lowest BCUT2D eigenvalue weighted by Gasteiger charge is -2.39. The van der Waals surface area contributed by atoms with Gasteiger partial charge in [0.05, 0.1) is 13.2 Å². The number of phosphoric acid groups is 2. The quantitative estimate of drug-likeness (QED) is 0.0302. The molecule has 2 fully saturated rings. The van der Waals surface area contributed by atoms with Gasteiger partial charge in [0.25, 0.3) is 5.56 Å². The number of aliphatic hydroxyl groups excluding tert-OH is 2. The number of azide groups is 1. The van der Waals surface area contributed by atoms with Crippen molar-refractivity contribution in [1.82, 2.24) is 9.55 Å². The number of aromatic nitrogens is 2. The maximum absolute atomic E-state index is 12.6. The maximum atomic E-state index is 12.6. The van der Waals surface area contributed by atoms with Crippen LogP contribution in [-0.2, 0) is 51.0 Å². The van der Waals surface area contributed by atoms with E-state index in [0.717, 1.165) is 37.2 Å². The van der Waals surface area contributed by atoms with E-state index in [-0.39, 0.29) is 0 Å². The maximum Gasteiger partial charge on any atom is 0.483 e. The summed E-state index contributed by atoms with van der Waals surface area (Å²) in [7, 11) is -11.2. The van der Waals surface area contributed by atoms with E-state index in [2.05, 4.69) is 25.8 Å². The number of aromatic amines is 1. The van der Waals surface area contributed by atoms with Crippen LogP contribution in [0.4, 0.5) is 0 Å². The molecular formula is C27H46N6O17P2. The third kappa shape index (κ3) is 14.8. The minimum Gasteiger partial charge on any atom is -0.458 e. The van der Waals surface area contributed by atoms with Gasteiger partial charge in [-0.1, -0.05) is 50.6 Å². The van der Waals surface area contributed by atoms with Crippen LogP contribution in [0.5, 0.6) is 0 Å². The number of ether oxygens (including phenoxy) is 4. The Morgan fingerprint density at radius 2 is 1.65 bits per heavy atom. The first-order valence-electron chi connectivity index (χ1n) is 16.2. The van der Waals surface area contributed by atoms with Gasteiger partial charge >= 0.3 is 33.3 Å². The first-order chi connectivity index (χ1) is 24.4. The van der Waals surface area contributed by atoms with Gasteiger partial charge in [-0.15, -0.1) is 0 Å². The lowest BCUT2D eigenvalue weighted by Crippen LogP contribution is -2.56. The molecule has 296 valence electrons. The van der Waals surface area contributed by atoms with E-state index in [9.17, 15) is 48.3 Å². The van der Waals surface area contributed by atoms with Gasteiger partial charge in [-0.05, 0) is 18.5 Å². The van der Waals surface area contributed by atoms with Crippen LogP contribution in [0.15, 0.2) is 27.0 Å². The highest BCUT2D eigenvalue weighted by Crippen LogP contribution is 2.61. The van der Waals surface area contributed by atoms with Crippen LogP contribution in [0.25, 0.3) is 10.4 Å². The summed E-state index contributed by atoms with van der Waals surface area (Å²) < 4.78 is 59.7. The Morgan fingerprint density at radius 3 is 2.23 bits per heavy atom. The molecule has 3 rings (SSSR count). The number of esters is 2. The fourth-order valence-electron chi connectivity index (χ4n) is 4.96. The van der Waals surface area contributed by atoms with Crippen molar-refractivity contribution in [3.05, 3.63) is 43.5 Å². The monoisotopic (exact) mass is 788 g/mol. The molecule has 7 N–H and O–H groups in total. The molecule has 2 saturated heterocycles. The highest BCUT2D eigenvalue weighted by molar-refractivity contribution is 7.61. The van der Waals surface area contributed by atoms with E-state index >= 15 is 0 Å². The van der Waals surface area contributed by atoms with Crippen molar-refractivity contribution in [2.24, 2.45) is 10.8 Å². The van der Waals surface area contributed by atoms with Crippen LogP contribution >= 0.6 is 15.6 Å². The van der Waals surface area contributed by atoms with Gasteiger partial charge in [-0.3, -0.25) is 33.0 Å². The average molecular weight is 789 g/mol. The zero-order valence-corrected chi connectivity index (χ0v) is 30.5. The smallest absolute Gasteiger partial charge is 0.458 e. The molecule has 10 atom stereocenters. The number of rotatable bonds is 18. The second-order valence-corrected chi connectivity index (χ2v) is 14.5. The van der Waals surface area contributed by atoms with E-state index in [4.69, 9.17) is 34.7 Å². The largest absolute Gasteiger partial charge is 0.483 e. The molecule has 52 heavy (non-hydrogen) atoms. The van der Waals surface area contributed by atoms with E-state index in [1.165, 1.54) is 44.9 Å². The van der Waals surface area contributed by atoms with Crippen molar-refractivity contribution in [3.63, 3.8) is 0 Å². The van der Waals surface area contributed by atoms with E-state index < -0.39 is 101 Å². The number of nitrogens with zero attached hydrogens (tertiary/aromatic N) is 4. The molecule has 0 saturated carbocycles. The zero-order valence-electron chi connectivity index (χ0n) is 28.7. The summed E-state index contributed by atoms with van der Waals surface area (Å²) in [6.07, 6.45) is -1.74. The highest BCUT2D eigenvalue weighted by atomic mass is 31.3. The number of carbonyl (C=O) groups excluding carboxylic acids is 2. The number of carbonyl (C=O) groups is 2. The van der Waals surface area contributed by atoms with Gasteiger partial charge in [0.15, 0.2) is 18.4 Å². The average Bonchev–Trinajstić information content (AvgIpc) is 3.32. The second kappa shape index (κ2) is 21.6. The second-order valence-electron chi connectivity index (χ2n) is 11.5. The summed E-state index contributed by atoms with van der Waals surface area (Å²) in [5.41, 5.74) is 12.4. The van der Waals surface area contributed by atoms with Gasteiger partial charge in [0, 0.05) is 31.0 Å². The molecule has 0 bridgehead atoms. The van der Waals surface area contributed by atoms with Crippen molar-refractivity contribution in [2.75, 3.05) is 19.8 Å². The predicted octanol–water partition coefficient (Wildman–Crippen LogP) is 1.00. The first kappa shape index (κ1) is 45.1. The van der Waals surface area contributed by atoms with Crippen molar-refractivity contribution in [2.45, 2.75) is 115 Å². The normalized spacial score (nSPS) is 27.9. The van der Waals surface area contributed by atoms with Crippen molar-refractivity contribution in [1.29, 1.82) is 0 Å². The summed E-state index contributed by atoms with van der Waals surface area (Å²) in [6.45, 7) is 3.37. The summed E-state index contributed by atoms with van der Waals surface area (Å²) in [4.78, 5) is 71.0. The van der Waals surface area contributed by atoms with Crippen LogP contribution in [0.1, 0.15) is 71.9 Å². The van der Waals surface area contributed by atoms with E-state index in [1.807, 2.05) is 4.98 Å².